The number of nitrogens with one attached hydrogen (secondary N) is 1. The number of hydrogen-bond acceptors (Lipinski definition) is 12. The van der Waals surface area contributed by atoms with E-state index in [4.69, 9.17) is 10.5 Å². The molecule has 0 radical (unpaired) electrons. The number of rotatable bonds is 6. The quantitative estimate of drug-likeness (QED) is 0.379. The molecule has 5 heterocycles. The lowest BCUT2D eigenvalue weighted by molar-refractivity contribution is 0.131. The minimum Gasteiger partial charge on any atom is -0.479 e. The van der Waals surface area contributed by atoms with Gasteiger partial charge in [-0.15, -0.1) is 10.8 Å². The molecule has 2 fully saturated rings. The topological polar surface area (TPSA) is 159 Å². The summed E-state index contributed by atoms with van der Waals surface area (Å²) in [4.78, 5) is 23.6. The van der Waals surface area contributed by atoms with E-state index in [-0.39, 0.29) is 17.9 Å². The van der Waals surface area contributed by atoms with Gasteiger partial charge in [0.1, 0.15) is 11.6 Å². The zero-order valence-electron chi connectivity index (χ0n) is 19.9. The molecule has 2 aliphatic rings. The third-order valence-corrected chi connectivity index (χ3v) is 8.25. The van der Waals surface area contributed by atoms with Crippen LogP contribution in [0.15, 0.2) is 24.5 Å². The number of hydrogen-bond donors (Lipinski definition) is 4. The van der Waals surface area contributed by atoms with Gasteiger partial charge in [-0.3, -0.25) is 14.0 Å². The van der Waals surface area contributed by atoms with Crippen molar-refractivity contribution in [3.8, 4) is 17.3 Å². The molecule has 0 saturated carbocycles. The van der Waals surface area contributed by atoms with Gasteiger partial charge in [0.15, 0.2) is 11.6 Å². The van der Waals surface area contributed by atoms with Crippen LogP contribution >= 0.6 is 10.8 Å². The van der Waals surface area contributed by atoms with E-state index in [2.05, 4.69) is 35.1 Å². The number of nitrogen functional groups attached to an aromatic ring is 1. The summed E-state index contributed by atoms with van der Waals surface area (Å²) in [5.41, 5.74) is 7.76. The van der Waals surface area contributed by atoms with E-state index in [0.29, 0.717) is 54.1 Å². The van der Waals surface area contributed by atoms with E-state index >= 15 is 0 Å². The lowest BCUT2D eigenvalue weighted by atomic mass is 10.1. The smallest absolute Gasteiger partial charge is 0.250 e. The molecule has 36 heavy (non-hydrogen) atoms. The van der Waals surface area contributed by atoms with Gasteiger partial charge >= 0.3 is 0 Å². The number of piperazine rings is 1. The Balaban J connectivity index is 1.43. The van der Waals surface area contributed by atoms with Crippen molar-refractivity contribution in [2.24, 2.45) is 0 Å². The molecule has 3 aromatic rings. The van der Waals surface area contributed by atoms with Gasteiger partial charge in [0.2, 0.25) is 11.8 Å². The second kappa shape index (κ2) is 9.71. The van der Waals surface area contributed by atoms with Crippen molar-refractivity contribution in [2.75, 3.05) is 43.5 Å². The monoisotopic (exact) mass is 517 g/mol. The van der Waals surface area contributed by atoms with E-state index < -0.39 is 16.6 Å². The number of anilines is 3. The Labute approximate surface area is 209 Å². The van der Waals surface area contributed by atoms with Crippen molar-refractivity contribution in [1.82, 2.24) is 34.1 Å². The number of aromatic nitrogens is 5. The standard InChI is InChI=1S/C22H28FN9O3S/c1-13-27-20(30-22(24)28-13)17-7-14(11-31-4-5-32-16(12-31)3-6-36(32,33)34)9-25-19(17)29-15-8-18(23)21(35-2)26-10-15/h7-10,16,33-34H,3-6,11-12H2,1-2H3,(H,25,29)(H2,24,27,28,30). The van der Waals surface area contributed by atoms with E-state index in [1.54, 1.807) is 13.1 Å². The van der Waals surface area contributed by atoms with Gasteiger partial charge in [-0.1, -0.05) is 0 Å². The average molecular weight is 518 g/mol. The van der Waals surface area contributed by atoms with Crippen LogP contribution in [0, 0.1) is 12.7 Å². The Morgan fingerprint density at radius 2 is 2.03 bits per heavy atom. The van der Waals surface area contributed by atoms with Crippen molar-refractivity contribution < 1.29 is 18.2 Å². The summed E-state index contributed by atoms with van der Waals surface area (Å²) in [5, 5.41) is 3.09. The summed E-state index contributed by atoms with van der Waals surface area (Å²) >= 11 is 0. The van der Waals surface area contributed by atoms with Crippen LogP contribution in [0.5, 0.6) is 5.88 Å². The SMILES string of the molecule is COc1ncc(Nc2ncc(CN3CCN4C(CCS4(O)O)C3)cc2-c2nc(C)nc(N)n2)cc1F. The Morgan fingerprint density at radius 3 is 2.78 bits per heavy atom. The number of pyridine rings is 2. The average Bonchev–Trinajstić information content (AvgIpc) is 3.13. The fourth-order valence-corrected chi connectivity index (χ4v) is 6.45. The third kappa shape index (κ3) is 5.03. The minimum absolute atomic E-state index is 0.0855. The summed E-state index contributed by atoms with van der Waals surface area (Å²) in [5.74, 6) is 1.01. The number of aryl methyl sites for hydroxylation is 1. The highest BCUT2D eigenvalue weighted by molar-refractivity contribution is 8.22. The van der Waals surface area contributed by atoms with Gasteiger partial charge in [0, 0.05) is 44.5 Å². The second-order valence-electron chi connectivity index (χ2n) is 8.80. The molecule has 5 rings (SSSR count). The first-order chi connectivity index (χ1) is 17.2. The summed E-state index contributed by atoms with van der Waals surface area (Å²) in [6, 6.07) is 3.32. The van der Waals surface area contributed by atoms with Crippen LogP contribution in [0.25, 0.3) is 11.4 Å². The first-order valence-corrected chi connectivity index (χ1v) is 13.1. The molecule has 3 aromatic heterocycles. The molecule has 0 aliphatic carbocycles. The number of nitrogens with zero attached hydrogens (tertiary/aromatic N) is 7. The maximum absolute atomic E-state index is 14.2. The van der Waals surface area contributed by atoms with Gasteiger partial charge in [-0.2, -0.15) is 9.97 Å². The van der Waals surface area contributed by atoms with Gasteiger partial charge in [0.05, 0.1) is 30.3 Å². The van der Waals surface area contributed by atoms with E-state index in [0.717, 1.165) is 18.5 Å². The van der Waals surface area contributed by atoms with Gasteiger partial charge in [-0.25, -0.2) is 23.6 Å². The highest BCUT2D eigenvalue weighted by Gasteiger charge is 2.40. The van der Waals surface area contributed by atoms with Crippen molar-refractivity contribution >= 4 is 28.2 Å². The molecular weight excluding hydrogens is 489 g/mol. The number of fused-ring (bicyclic) bond motifs is 1. The van der Waals surface area contributed by atoms with Crippen molar-refractivity contribution in [1.29, 1.82) is 0 Å². The fraction of sp³-hybridized carbons (Fsp3) is 0.409. The van der Waals surface area contributed by atoms with Crippen LogP contribution in [-0.4, -0.2) is 81.8 Å². The predicted octanol–water partition coefficient (Wildman–Crippen LogP) is 2.67. The van der Waals surface area contributed by atoms with Gasteiger partial charge in [-0.05, 0) is 25.0 Å². The molecule has 5 N–H and O–H groups in total. The Bertz CT molecular complexity index is 1260. The largest absolute Gasteiger partial charge is 0.479 e. The molecule has 192 valence electrons. The molecule has 0 amide bonds. The summed E-state index contributed by atoms with van der Waals surface area (Å²) in [6.45, 7) is 4.38. The van der Waals surface area contributed by atoms with Gasteiger partial charge < -0.3 is 15.8 Å². The highest BCUT2D eigenvalue weighted by Crippen LogP contribution is 2.52. The molecule has 12 nitrogen and oxygen atoms in total. The molecule has 1 unspecified atom stereocenters. The van der Waals surface area contributed by atoms with E-state index in [1.807, 2.05) is 10.4 Å². The molecule has 2 aliphatic heterocycles. The molecule has 14 heteroatoms. The number of nitrogens with two attached hydrogens (primary N) is 1. The lowest BCUT2D eigenvalue weighted by Crippen LogP contribution is -2.49. The third-order valence-electron chi connectivity index (χ3n) is 6.23. The van der Waals surface area contributed by atoms with Gasteiger partial charge in [0.25, 0.3) is 0 Å². The maximum atomic E-state index is 14.2. The molecule has 0 aromatic carbocycles. The minimum atomic E-state index is -2.63. The number of ether oxygens (including phenoxy) is 1. The lowest BCUT2D eigenvalue weighted by Gasteiger charge is -2.44. The van der Waals surface area contributed by atoms with Crippen molar-refractivity contribution in [3.05, 3.63) is 41.7 Å². The van der Waals surface area contributed by atoms with E-state index in [1.165, 1.54) is 19.4 Å². The maximum Gasteiger partial charge on any atom is 0.250 e. The Hall–Kier alpha value is -3.17. The second-order valence-corrected chi connectivity index (χ2v) is 10.9. The summed E-state index contributed by atoms with van der Waals surface area (Å²) < 4.78 is 41.4. The predicted molar refractivity (Wildman–Crippen MR) is 134 cm³/mol. The Kier molecular flexibility index (Phi) is 6.61. The van der Waals surface area contributed by atoms with E-state index in [9.17, 15) is 13.5 Å². The van der Waals surface area contributed by atoms with Crippen LogP contribution in [0.2, 0.25) is 0 Å². The van der Waals surface area contributed by atoms with Crippen LogP contribution in [0.3, 0.4) is 0 Å². The first-order valence-electron chi connectivity index (χ1n) is 11.4. The highest BCUT2D eigenvalue weighted by atomic mass is 32.3. The Morgan fingerprint density at radius 1 is 1.19 bits per heavy atom. The summed E-state index contributed by atoms with van der Waals surface area (Å²) in [6.07, 6.45) is 3.95. The molecular formula is C22H28FN9O3S. The van der Waals surface area contributed by atoms with Crippen LogP contribution in [-0.2, 0) is 6.54 Å². The van der Waals surface area contributed by atoms with Crippen LogP contribution in [0.1, 0.15) is 17.8 Å². The van der Waals surface area contributed by atoms with Crippen LogP contribution in [0.4, 0.5) is 21.8 Å². The van der Waals surface area contributed by atoms with Crippen molar-refractivity contribution in [2.45, 2.75) is 25.9 Å². The normalized spacial score (nSPS) is 20.6. The molecule has 2 saturated heterocycles. The molecule has 0 bridgehead atoms. The zero-order valence-corrected chi connectivity index (χ0v) is 20.7. The van der Waals surface area contributed by atoms with Crippen LogP contribution < -0.4 is 15.8 Å². The molecule has 0 spiro atoms. The zero-order chi connectivity index (χ0) is 25.4. The fourth-order valence-electron chi connectivity index (χ4n) is 4.60. The first kappa shape index (κ1) is 24.5. The number of halogens is 1. The number of methoxy groups -OCH3 is 1. The molecule has 1 atom stereocenters. The van der Waals surface area contributed by atoms with Crippen molar-refractivity contribution in [3.63, 3.8) is 0 Å². The summed E-state index contributed by atoms with van der Waals surface area (Å²) in [7, 11) is -1.28.